The van der Waals surface area contributed by atoms with Crippen LogP contribution >= 0.6 is 0 Å². The maximum Gasteiger partial charge on any atom is 0.258 e. The molecule has 1 aromatic carbocycles. The first kappa shape index (κ1) is 41.3. The number of nitrogens with one attached hydrogen (secondary N) is 3. The number of imide groups is 1. The second-order valence-electron chi connectivity index (χ2n) is 13.4. The average Bonchev–Trinajstić information content (AvgIpc) is 3.59. The van der Waals surface area contributed by atoms with Gasteiger partial charge < -0.3 is 41.4 Å². The van der Waals surface area contributed by atoms with Crippen molar-refractivity contribution in [3.63, 3.8) is 0 Å². The number of H-pyrrole nitrogens is 1. The van der Waals surface area contributed by atoms with Crippen LogP contribution < -0.4 is 21.1 Å². The highest BCUT2D eigenvalue weighted by Crippen LogP contribution is 2.25. The summed E-state index contributed by atoms with van der Waals surface area (Å²) < 4.78 is 5.54. The molecule has 0 saturated heterocycles. The Morgan fingerprint density at radius 3 is 2.22 bits per heavy atom. The van der Waals surface area contributed by atoms with Crippen molar-refractivity contribution in [1.29, 1.82) is 0 Å². The number of carbonyl (C=O) groups excluding carboxylic acids is 4. The molecular weight excluding hydrogens is 632 g/mol. The number of carbonyl (C=O) groups is 4. The van der Waals surface area contributed by atoms with E-state index in [2.05, 4.69) is 20.6 Å². The summed E-state index contributed by atoms with van der Waals surface area (Å²) in [5.74, 6) is -3.37. The summed E-state index contributed by atoms with van der Waals surface area (Å²) >= 11 is 0. The number of imidazole rings is 1. The van der Waals surface area contributed by atoms with E-state index in [1.54, 1.807) is 51.2 Å². The topological polar surface area (TPSA) is 220 Å². The van der Waals surface area contributed by atoms with Gasteiger partial charge in [0.05, 0.1) is 49.5 Å². The van der Waals surface area contributed by atoms with Crippen LogP contribution in [-0.2, 0) is 25.6 Å². The van der Waals surface area contributed by atoms with Crippen LogP contribution in [0.5, 0.6) is 5.75 Å². The van der Waals surface area contributed by atoms with Crippen molar-refractivity contribution in [3.05, 3.63) is 48.5 Å². The minimum atomic E-state index is -1.37. The molecule has 2 rings (SSSR count). The predicted molar refractivity (Wildman–Crippen MR) is 184 cm³/mol. The quantitative estimate of drug-likeness (QED) is 0.0992. The molecule has 49 heavy (non-hydrogen) atoms. The van der Waals surface area contributed by atoms with E-state index in [4.69, 9.17) is 10.5 Å². The summed E-state index contributed by atoms with van der Waals surface area (Å²) in [6.07, 6.45) is 1.34. The van der Waals surface area contributed by atoms with Gasteiger partial charge in [-0.2, -0.15) is 0 Å². The molecule has 0 bridgehead atoms. The lowest BCUT2D eigenvalue weighted by Gasteiger charge is -2.34. The minimum Gasteiger partial charge on any atom is -0.484 e. The Bertz CT molecular complexity index is 1290. The van der Waals surface area contributed by atoms with Gasteiger partial charge in [0.2, 0.25) is 17.7 Å². The van der Waals surface area contributed by atoms with Crippen molar-refractivity contribution < 1.29 is 39.2 Å². The first-order valence-corrected chi connectivity index (χ1v) is 17.0. The van der Waals surface area contributed by atoms with Gasteiger partial charge in [0, 0.05) is 18.5 Å². The third-order valence-corrected chi connectivity index (χ3v) is 8.55. The lowest BCUT2D eigenvalue weighted by Crippen LogP contribution is -2.56. The number of nitrogens with zero attached hydrogens (tertiary/aromatic N) is 2. The molecular formula is C35H56N6O8. The summed E-state index contributed by atoms with van der Waals surface area (Å²) in [4.78, 5) is 61.9. The lowest BCUT2D eigenvalue weighted by molar-refractivity contribution is -0.153. The van der Waals surface area contributed by atoms with E-state index >= 15 is 0 Å². The highest BCUT2D eigenvalue weighted by Gasteiger charge is 2.38. The number of hydrogen-bond donors (Lipinski definition) is 7. The van der Waals surface area contributed by atoms with Gasteiger partial charge in [0.25, 0.3) is 5.91 Å². The summed E-state index contributed by atoms with van der Waals surface area (Å²) in [6.45, 7) is 9.61. The molecule has 0 aliphatic carbocycles. The number of amides is 4. The van der Waals surface area contributed by atoms with Gasteiger partial charge in [-0.1, -0.05) is 66.2 Å². The third kappa shape index (κ3) is 13.5. The second kappa shape index (κ2) is 20.6. The molecule has 4 amide bonds. The highest BCUT2D eigenvalue weighted by atomic mass is 16.5. The normalized spacial score (nSPS) is 15.8. The molecule has 0 spiro atoms. The molecule has 0 radical (unpaired) electrons. The molecule has 0 fully saturated rings. The van der Waals surface area contributed by atoms with Gasteiger partial charge in [-0.3, -0.25) is 24.1 Å². The molecule has 1 heterocycles. The second-order valence-corrected chi connectivity index (χ2v) is 13.4. The van der Waals surface area contributed by atoms with Gasteiger partial charge in [-0.05, 0) is 42.7 Å². The molecule has 1 aromatic heterocycles. The molecule has 2 aromatic rings. The van der Waals surface area contributed by atoms with Crippen LogP contribution in [-0.4, -0.2) is 104 Å². The average molecular weight is 689 g/mol. The van der Waals surface area contributed by atoms with Crippen LogP contribution in [0.3, 0.4) is 0 Å². The maximum atomic E-state index is 14.0. The van der Waals surface area contributed by atoms with E-state index in [-0.39, 0.29) is 37.2 Å². The number of aromatic amines is 1. The third-order valence-electron chi connectivity index (χ3n) is 8.55. The number of aliphatic hydroxyl groups is 3. The molecule has 0 saturated carbocycles. The van der Waals surface area contributed by atoms with E-state index in [1.807, 2.05) is 26.8 Å². The number of hydrogen-bond acceptors (Lipinski definition) is 10. The van der Waals surface area contributed by atoms with Gasteiger partial charge in [-0.25, -0.2) is 4.98 Å². The van der Waals surface area contributed by atoms with E-state index in [1.165, 1.54) is 6.33 Å². The fourth-order valence-corrected chi connectivity index (χ4v) is 5.34. The van der Waals surface area contributed by atoms with Gasteiger partial charge in [0.15, 0.2) is 6.61 Å². The molecule has 2 unspecified atom stereocenters. The fraction of sp³-hybridized carbons (Fsp3) is 0.629. The van der Waals surface area contributed by atoms with Crippen LogP contribution in [0.4, 0.5) is 0 Å². The van der Waals surface area contributed by atoms with Crippen molar-refractivity contribution in [2.75, 3.05) is 19.8 Å². The predicted octanol–water partition coefficient (Wildman–Crippen LogP) is 1.15. The zero-order valence-electron chi connectivity index (χ0n) is 29.5. The largest absolute Gasteiger partial charge is 0.484 e. The van der Waals surface area contributed by atoms with Crippen molar-refractivity contribution in [2.24, 2.45) is 29.4 Å². The summed E-state index contributed by atoms with van der Waals surface area (Å²) in [5.41, 5.74) is 6.72. The van der Waals surface area contributed by atoms with Crippen LogP contribution in [0.1, 0.15) is 66.5 Å². The molecule has 0 aliphatic rings. The van der Waals surface area contributed by atoms with Crippen molar-refractivity contribution in [2.45, 2.75) is 97.6 Å². The Kier molecular flexibility index (Phi) is 17.4. The van der Waals surface area contributed by atoms with E-state index in [0.717, 1.165) is 4.90 Å². The molecule has 8 N–H and O–H groups in total. The van der Waals surface area contributed by atoms with Gasteiger partial charge in [0.1, 0.15) is 11.8 Å². The number of aromatic nitrogens is 2. The minimum absolute atomic E-state index is 0.0260. The Labute approximate surface area is 289 Å². The SMILES string of the molecule is CCC(C)[C@H](N)C(=O)N(CC(O)CO)C(=O)[C@@H](C[C@H](O)[C@H](CC(C)C)NC(=O)[C@H](Cc1c[nH]cn1)NC(=O)COc1ccccc1)C(C)C. The van der Waals surface area contributed by atoms with Crippen LogP contribution in [0.25, 0.3) is 0 Å². The standard InChI is InChI=1S/C35H56N6O8/c1-7-23(6)32(36)35(48)41(17-25(43)18-42)34(47)27(22(4)5)15-30(44)28(13-21(2)3)40-33(46)29(14-24-16-37-20-38-24)39-31(45)19-49-26-11-9-8-10-12-26/h8-12,16,20-23,25,27-30,32,42-44H,7,13-15,17-19,36H2,1-6H3,(H,37,38)(H,39,45)(H,40,46)/t23?,25?,27-,28-,29-,30-,32-/m0/s1. The molecule has 14 heteroatoms. The smallest absolute Gasteiger partial charge is 0.258 e. The van der Waals surface area contributed by atoms with Crippen LogP contribution in [0.2, 0.25) is 0 Å². The lowest BCUT2D eigenvalue weighted by atomic mass is 9.84. The summed E-state index contributed by atoms with van der Waals surface area (Å²) in [7, 11) is 0. The number of nitrogens with two attached hydrogens (primary N) is 1. The van der Waals surface area contributed by atoms with Gasteiger partial charge >= 0.3 is 0 Å². The Morgan fingerprint density at radius 2 is 1.67 bits per heavy atom. The number of ether oxygens (including phenoxy) is 1. The summed E-state index contributed by atoms with van der Waals surface area (Å²) in [6, 6.07) is 5.88. The molecule has 274 valence electrons. The fourth-order valence-electron chi connectivity index (χ4n) is 5.34. The van der Waals surface area contributed by atoms with Crippen molar-refractivity contribution >= 4 is 23.6 Å². The zero-order chi connectivity index (χ0) is 36.7. The van der Waals surface area contributed by atoms with Crippen LogP contribution in [0.15, 0.2) is 42.9 Å². The van der Waals surface area contributed by atoms with Crippen LogP contribution in [0, 0.1) is 23.7 Å². The highest BCUT2D eigenvalue weighted by molar-refractivity contribution is 5.99. The first-order chi connectivity index (χ1) is 23.2. The number of benzene rings is 1. The van der Waals surface area contributed by atoms with E-state index in [0.29, 0.717) is 24.3 Å². The first-order valence-electron chi connectivity index (χ1n) is 17.0. The Morgan fingerprint density at radius 1 is 1.00 bits per heavy atom. The van der Waals surface area contributed by atoms with Crippen molar-refractivity contribution in [1.82, 2.24) is 25.5 Å². The molecule has 14 nitrogen and oxygen atoms in total. The number of rotatable bonds is 21. The number of para-hydroxylation sites is 1. The molecule has 0 aliphatic heterocycles. The monoisotopic (exact) mass is 688 g/mol. The zero-order valence-corrected chi connectivity index (χ0v) is 29.5. The summed E-state index contributed by atoms with van der Waals surface area (Å²) in [5, 5.41) is 36.9. The molecule has 7 atom stereocenters. The van der Waals surface area contributed by atoms with Gasteiger partial charge in [-0.15, -0.1) is 0 Å². The Balaban J connectivity index is 2.28. The maximum absolute atomic E-state index is 14.0. The van der Waals surface area contributed by atoms with Crippen molar-refractivity contribution in [3.8, 4) is 5.75 Å². The number of aliphatic hydroxyl groups excluding tert-OH is 3. The van der Waals surface area contributed by atoms with E-state index in [9.17, 15) is 34.5 Å². The van der Waals surface area contributed by atoms with E-state index < -0.39 is 73.0 Å². The Hall–Kier alpha value is -3.85.